The van der Waals surface area contributed by atoms with Gasteiger partial charge in [-0.3, -0.25) is 19.8 Å². The molecular weight excluding hydrogens is 473 g/mol. The molecule has 2 aromatic carbocycles. The van der Waals surface area contributed by atoms with E-state index in [2.05, 4.69) is 37.6 Å². The van der Waals surface area contributed by atoms with Gasteiger partial charge in [-0.2, -0.15) is 23.4 Å². The first-order chi connectivity index (χ1) is 16.1. The molecule has 0 atom stereocenters. The molecule has 0 fully saturated rings. The fourth-order valence-corrected chi connectivity index (χ4v) is 3.14. The van der Waals surface area contributed by atoms with Crippen molar-refractivity contribution in [1.29, 1.82) is 0 Å². The first kappa shape index (κ1) is 24.8. The van der Waals surface area contributed by atoms with Crippen LogP contribution in [0.5, 0.6) is 0 Å². The minimum Gasteiger partial charge on any atom is -0.309 e. The molecule has 0 radical (unpaired) electrons. The van der Waals surface area contributed by atoms with E-state index in [-0.39, 0.29) is 23.1 Å². The summed E-state index contributed by atoms with van der Waals surface area (Å²) in [6, 6.07) is 8.50. The second-order valence-electron chi connectivity index (χ2n) is 7.08. The van der Waals surface area contributed by atoms with Gasteiger partial charge in [0.15, 0.2) is 11.6 Å². The highest BCUT2D eigenvalue weighted by Crippen LogP contribution is 2.32. The van der Waals surface area contributed by atoms with Gasteiger partial charge in [-0.15, -0.1) is 0 Å². The summed E-state index contributed by atoms with van der Waals surface area (Å²) in [6.45, 7) is 5.22. The number of hydrogen-bond donors (Lipinski definition) is 4. The van der Waals surface area contributed by atoms with Crippen LogP contribution in [0.2, 0.25) is 5.02 Å². The number of aromatic nitrogens is 4. The molecule has 0 saturated carbocycles. The molecular formula is C22H20ClF3N6O2. The normalized spacial score (nSPS) is 11.1. The average Bonchev–Trinajstić information content (AvgIpc) is 3.37. The Bertz CT molecular complexity index is 1350. The van der Waals surface area contributed by atoms with Crippen molar-refractivity contribution in [3.8, 4) is 0 Å². The number of nitrogens with zero attached hydrogens (tertiary/aromatic N) is 2. The number of nitrogens with one attached hydrogen (secondary N) is 4. The highest BCUT2D eigenvalue weighted by atomic mass is 35.5. The molecule has 0 unspecified atom stereocenters. The van der Waals surface area contributed by atoms with Gasteiger partial charge in [-0.25, -0.2) is 0 Å². The number of carbonyl (C=O) groups excluding carboxylic acids is 2. The molecule has 0 spiro atoms. The van der Waals surface area contributed by atoms with Crippen LogP contribution in [0.1, 0.15) is 25.3 Å². The Balaban J connectivity index is 0.000000196. The van der Waals surface area contributed by atoms with Crippen molar-refractivity contribution in [1.82, 2.24) is 20.4 Å². The number of H-pyrrole nitrogens is 2. The predicted octanol–water partition coefficient (Wildman–Crippen LogP) is 5.66. The standard InChI is InChI=1S/C12H12F3N3O.C10H8ClN3O/c1-2-3-10(19)16-11-8-5-4-7(12(13,14)15)6-9(8)17-18-11;1-2-9(15)12-10-7-4-3-6(11)5-8(7)13-14-10/h4-6H,2-3H2,1H3,(H2,16,17,18,19);2-5H,1H2,(H2,12,13,14,15). The van der Waals surface area contributed by atoms with Crippen LogP contribution in [-0.4, -0.2) is 32.2 Å². The molecule has 12 heteroatoms. The number of hydrogen-bond acceptors (Lipinski definition) is 4. The van der Waals surface area contributed by atoms with E-state index in [1.165, 1.54) is 12.1 Å². The molecule has 34 heavy (non-hydrogen) atoms. The molecule has 2 aromatic heterocycles. The van der Waals surface area contributed by atoms with Gasteiger partial charge < -0.3 is 10.6 Å². The van der Waals surface area contributed by atoms with Crippen LogP contribution < -0.4 is 10.6 Å². The number of aromatic amines is 2. The Kier molecular flexibility index (Phi) is 7.57. The molecule has 0 aliphatic carbocycles. The zero-order valence-electron chi connectivity index (χ0n) is 17.9. The number of amides is 2. The maximum Gasteiger partial charge on any atom is 0.416 e. The number of alkyl halides is 3. The van der Waals surface area contributed by atoms with Gasteiger partial charge in [0, 0.05) is 22.2 Å². The van der Waals surface area contributed by atoms with Crippen molar-refractivity contribution in [2.45, 2.75) is 25.9 Å². The number of rotatable bonds is 5. The highest BCUT2D eigenvalue weighted by molar-refractivity contribution is 6.31. The lowest BCUT2D eigenvalue weighted by Gasteiger charge is -2.06. The van der Waals surface area contributed by atoms with Crippen LogP contribution in [0.3, 0.4) is 0 Å². The minimum absolute atomic E-state index is 0.212. The van der Waals surface area contributed by atoms with Crippen molar-refractivity contribution in [2.75, 3.05) is 10.6 Å². The van der Waals surface area contributed by atoms with Gasteiger partial charge in [0.1, 0.15) is 0 Å². The van der Waals surface area contributed by atoms with Crippen LogP contribution in [0.25, 0.3) is 21.8 Å². The maximum absolute atomic E-state index is 12.5. The SMILES string of the molecule is C=CC(=O)Nc1n[nH]c2cc(Cl)ccc12.CCCC(=O)Nc1n[nH]c2cc(C(F)(F)F)ccc12. The largest absolute Gasteiger partial charge is 0.416 e. The van der Waals surface area contributed by atoms with Crippen molar-refractivity contribution < 1.29 is 22.8 Å². The molecule has 4 aromatic rings. The van der Waals surface area contributed by atoms with Crippen molar-refractivity contribution in [3.05, 3.63) is 59.6 Å². The summed E-state index contributed by atoms with van der Waals surface area (Å²) in [4.78, 5) is 22.5. The minimum atomic E-state index is -4.40. The lowest BCUT2D eigenvalue weighted by molar-refractivity contribution is -0.137. The predicted molar refractivity (Wildman–Crippen MR) is 125 cm³/mol. The lowest BCUT2D eigenvalue weighted by atomic mass is 10.1. The van der Waals surface area contributed by atoms with Crippen LogP contribution >= 0.6 is 11.6 Å². The smallest absolute Gasteiger partial charge is 0.309 e. The summed E-state index contributed by atoms with van der Waals surface area (Å²) in [5.41, 5.74) is 0.263. The number of carbonyl (C=O) groups is 2. The first-order valence-electron chi connectivity index (χ1n) is 10.0. The fraction of sp³-hybridized carbons (Fsp3) is 0.182. The number of fused-ring (bicyclic) bond motifs is 2. The average molecular weight is 493 g/mol. The van der Waals surface area contributed by atoms with Gasteiger partial charge in [0.05, 0.1) is 16.6 Å². The Morgan fingerprint density at radius 1 is 1.03 bits per heavy atom. The van der Waals surface area contributed by atoms with Gasteiger partial charge in [0.25, 0.3) is 0 Å². The third kappa shape index (κ3) is 5.93. The topological polar surface area (TPSA) is 116 Å². The molecule has 8 nitrogen and oxygen atoms in total. The van der Waals surface area contributed by atoms with E-state index in [4.69, 9.17) is 11.6 Å². The van der Waals surface area contributed by atoms with Crippen LogP contribution in [0.15, 0.2) is 49.1 Å². The molecule has 178 valence electrons. The fourth-order valence-electron chi connectivity index (χ4n) is 2.97. The lowest BCUT2D eigenvalue weighted by Crippen LogP contribution is -2.11. The monoisotopic (exact) mass is 492 g/mol. The Morgan fingerprint density at radius 2 is 1.62 bits per heavy atom. The van der Waals surface area contributed by atoms with E-state index in [0.29, 0.717) is 29.1 Å². The van der Waals surface area contributed by atoms with E-state index in [0.717, 1.165) is 23.0 Å². The van der Waals surface area contributed by atoms with Crippen LogP contribution in [0.4, 0.5) is 24.8 Å². The molecule has 2 heterocycles. The molecule has 2 amide bonds. The molecule has 0 saturated heterocycles. The molecule has 4 N–H and O–H groups in total. The Labute approximate surface area is 196 Å². The second kappa shape index (κ2) is 10.4. The zero-order valence-corrected chi connectivity index (χ0v) is 18.6. The van der Waals surface area contributed by atoms with Crippen LogP contribution in [-0.2, 0) is 15.8 Å². The molecule has 0 bridgehead atoms. The Hall–Kier alpha value is -3.86. The summed E-state index contributed by atoms with van der Waals surface area (Å²) in [5, 5.41) is 20.1. The quantitative estimate of drug-likeness (QED) is 0.269. The highest BCUT2D eigenvalue weighted by Gasteiger charge is 2.30. The first-order valence-corrected chi connectivity index (χ1v) is 10.4. The van der Waals surface area contributed by atoms with Crippen molar-refractivity contribution in [2.24, 2.45) is 0 Å². The second-order valence-corrected chi connectivity index (χ2v) is 7.52. The molecule has 4 rings (SSSR count). The summed E-state index contributed by atoms with van der Waals surface area (Å²) in [5.74, 6) is 0.225. The zero-order chi connectivity index (χ0) is 24.9. The molecule has 0 aliphatic heterocycles. The third-order valence-electron chi connectivity index (χ3n) is 4.58. The van der Waals surface area contributed by atoms with E-state index >= 15 is 0 Å². The van der Waals surface area contributed by atoms with Crippen LogP contribution in [0, 0.1) is 0 Å². The Morgan fingerprint density at radius 3 is 2.21 bits per heavy atom. The summed E-state index contributed by atoms with van der Waals surface area (Å²) in [6.07, 6.45) is -2.18. The molecule has 0 aliphatic rings. The number of anilines is 2. The van der Waals surface area contributed by atoms with Crippen molar-refractivity contribution >= 4 is 56.9 Å². The number of benzene rings is 2. The van der Waals surface area contributed by atoms with Gasteiger partial charge in [0.2, 0.25) is 11.8 Å². The maximum atomic E-state index is 12.5. The van der Waals surface area contributed by atoms with Gasteiger partial charge in [-0.1, -0.05) is 25.1 Å². The van der Waals surface area contributed by atoms with Gasteiger partial charge in [-0.05, 0) is 48.9 Å². The third-order valence-corrected chi connectivity index (χ3v) is 4.81. The summed E-state index contributed by atoms with van der Waals surface area (Å²) in [7, 11) is 0. The van der Waals surface area contributed by atoms with Gasteiger partial charge >= 0.3 is 6.18 Å². The summed E-state index contributed by atoms with van der Waals surface area (Å²) < 4.78 is 37.6. The van der Waals surface area contributed by atoms with E-state index in [9.17, 15) is 22.8 Å². The van der Waals surface area contributed by atoms with E-state index in [1.54, 1.807) is 18.2 Å². The summed E-state index contributed by atoms with van der Waals surface area (Å²) >= 11 is 5.81. The van der Waals surface area contributed by atoms with E-state index < -0.39 is 11.7 Å². The van der Waals surface area contributed by atoms with Crippen molar-refractivity contribution in [3.63, 3.8) is 0 Å². The number of halogens is 4. The van der Waals surface area contributed by atoms with E-state index in [1.807, 2.05) is 6.92 Å².